The molecule has 2 N–H and O–H groups in total. The van der Waals surface area contributed by atoms with Crippen molar-refractivity contribution >= 4 is 11.9 Å². The van der Waals surface area contributed by atoms with Gasteiger partial charge >= 0.3 is 6.03 Å². The summed E-state index contributed by atoms with van der Waals surface area (Å²) in [5, 5.41) is 6.15. The number of pyridine rings is 1. The van der Waals surface area contributed by atoms with E-state index in [9.17, 15) is 9.59 Å². The van der Waals surface area contributed by atoms with Crippen molar-refractivity contribution in [3.63, 3.8) is 0 Å². The maximum Gasteiger partial charge on any atom is 0.315 e. The van der Waals surface area contributed by atoms with Crippen LogP contribution in [0.4, 0.5) is 4.79 Å². The van der Waals surface area contributed by atoms with Gasteiger partial charge in [0.05, 0.1) is 11.6 Å². The van der Waals surface area contributed by atoms with E-state index in [1.54, 1.807) is 24.5 Å². The third-order valence-corrected chi connectivity index (χ3v) is 5.90. The molecule has 0 atom stereocenters. The lowest BCUT2D eigenvalue weighted by Gasteiger charge is -2.32. The molecule has 0 spiro atoms. The number of piperidine rings is 1. The number of hydrogen-bond donors (Lipinski definition) is 2. The smallest absolute Gasteiger partial charge is 0.315 e. The number of nitrogens with one attached hydrogen (secondary N) is 2. The highest BCUT2D eigenvalue weighted by Gasteiger charge is 2.24. The van der Waals surface area contributed by atoms with Crippen molar-refractivity contribution in [1.29, 1.82) is 0 Å². The van der Waals surface area contributed by atoms with Crippen molar-refractivity contribution in [2.45, 2.75) is 18.9 Å². The van der Waals surface area contributed by atoms with Crippen LogP contribution in [0.5, 0.6) is 0 Å². The van der Waals surface area contributed by atoms with E-state index in [1.165, 1.54) is 0 Å². The van der Waals surface area contributed by atoms with Gasteiger partial charge < -0.3 is 15.5 Å². The lowest BCUT2D eigenvalue weighted by molar-refractivity contribution is 0.0690. The van der Waals surface area contributed by atoms with Gasteiger partial charge in [-0.05, 0) is 42.0 Å². The van der Waals surface area contributed by atoms with Gasteiger partial charge in [0.25, 0.3) is 5.91 Å². The van der Waals surface area contributed by atoms with E-state index in [0.29, 0.717) is 31.1 Å². The quantitative estimate of drug-likeness (QED) is 0.623. The van der Waals surface area contributed by atoms with Gasteiger partial charge in [-0.1, -0.05) is 60.7 Å². The van der Waals surface area contributed by atoms with Crippen molar-refractivity contribution < 1.29 is 9.59 Å². The monoisotopic (exact) mass is 428 g/mol. The number of likely N-dealkylation sites (tertiary alicyclic amines) is 1. The van der Waals surface area contributed by atoms with E-state index >= 15 is 0 Å². The van der Waals surface area contributed by atoms with Crippen molar-refractivity contribution in [3.8, 4) is 0 Å². The Balaban J connectivity index is 1.29. The fraction of sp³-hybridized carbons (Fsp3) is 0.269. The molecule has 6 nitrogen and oxygen atoms in total. The van der Waals surface area contributed by atoms with Crippen LogP contribution in [0.1, 0.15) is 40.4 Å². The van der Waals surface area contributed by atoms with Crippen LogP contribution in [0.3, 0.4) is 0 Å². The molecule has 1 fully saturated rings. The molecular weight excluding hydrogens is 400 g/mol. The Morgan fingerprint density at radius 3 is 2.09 bits per heavy atom. The second kappa shape index (κ2) is 10.6. The van der Waals surface area contributed by atoms with Gasteiger partial charge in [0.15, 0.2) is 0 Å². The first-order valence-electron chi connectivity index (χ1n) is 11.0. The lowest BCUT2D eigenvalue weighted by atomic mass is 9.96. The van der Waals surface area contributed by atoms with Crippen LogP contribution in [-0.2, 0) is 0 Å². The van der Waals surface area contributed by atoms with Crippen LogP contribution in [0, 0.1) is 5.92 Å². The molecule has 1 aromatic heterocycles. The Bertz CT molecular complexity index is 964. The lowest BCUT2D eigenvalue weighted by Crippen LogP contribution is -2.44. The van der Waals surface area contributed by atoms with Gasteiger partial charge in [0.2, 0.25) is 0 Å². The maximum absolute atomic E-state index is 12.7. The zero-order chi connectivity index (χ0) is 22.2. The number of rotatable bonds is 6. The summed E-state index contributed by atoms with van der Waals surface area (Å²) in [5.41, 5.74) is 2.70. The Morgan fingerprint density at radius 1 is 0.906 bits per heavy atom. The average Bonchev–Trinajstić information content (AvgIpc) is 2.87. The molecule has 0 unspecified atom stereocenters. The zero-order valence-electron chi connectivity index (χ0n) is 18.0. The molecule has 0 radical (unpaired) electrons. The number of nitrogens with zero attached hydrogens (tertiary/aromatic N) is 2. The number of urea groups is 1. The van der Waals surface area contributed by atoms with E-state index in [0.717, 1.165) is 24.0 Å². The van der Waals surface area contributed by atoms with Crippen LogP contribution in [0.15, 0.2) is 85.2 Å². The molecule has 164 valence electrons. The zero-order valence-corrected chi connectivity index (χ0v) is 18.0. The Hall–Kier alpha value is -3.67. The largest absolute Gasteiger partial charge is 0.339 e. The number of carbonyl (C=O) groups excluding carboxylic acids is 2. The van der Waals surface area contributed by atoms with Crippen LogP contribution in [0.2, 0.25) is 0 Å². The third-order valence-electron chi connectivity index (χ3n) is 5.90. The molecule has 6 heteroatoms. The van der Waals surface area contributed by atoms with E-state index in [1.807, 2.05) is 65.6 Å². The molecule has 3 aromatic rings. The molecule has 1 aliphatic heterocycles. The van der Waals surface area contributed by atoms with E-state index in [-0.39, 0.29) is 18.0 Å². The van der Waals surface area contributed by atoms with Crippen LogP contribution < -0.4 is 10.6 Å². The van der Waals surface area contributed by atoms with Gasteiger partial charge in [-0.2, -0.15) is 0 Å². The Morgan fingerprint density at radius 2 is 1.53 bits per heavy atom. The standard InChI is InChI=1S/C26H28N4O2/c31-25(23-12-7-15-27-19-23)30-16-13-20(14-17-30)18-28-26(32)29-24(21-8-3-1-4-9-21)22-10-5-2-6-11-22/h1-12,15,19-20,24H,13-14,16-18H2,(H2,28,29,32). The highest BCUT2D eigenvalue weighted by Crippen LogP contribution is 2.22. The number of benzene rings is 2. The molecule has 0 bridgehead atoms. The first-order chi connectivity index (χ1) is 15.7. The predicted molar refractivity (Wildman–Crippen MR) is 124 cm³/mol. The molecule has 1 aliphatic rings. The summed E-state index contributed by atoms with van der Waals surface area (Å²) < 4.78 is 0. The first-order valence-corrected chi connectivity index (χ1v) is 11.0. The van der Waals surface area contributed by atoms with Crippen molar-refractivity contribution in [3.05, 3.63) is 102 Å². The SMILES string of the molecule is O=C(NCC1CCN(C(=O)c2cccnc2)CC1)NC(c1ccccc1)c1ccccc1. The summed E-state index contributed by atoms with van der Waals surface area (Å²) in [6.07, 6.45) is 5.01. The van der Waals surface area contributed by atoms with Gasteiger partial charge in [-0.15, -0.1) is 0 Å². The predicted octanol–water partition coefficient (Wildman–Crippen LogP) is 4.02. The number of amides is 3. The Kier molecular flexibility index (Phi) is 7.12. The van der Waals surface area contributed by atoms with Crippen molar-refractivity contribution in [1.82, 2.24) is 20.5 Å². The molecule has 2 aromatic carbocycles. The van der Waals surface area contributed by atoms with E-state index < -0.39 is 0 Å². The summed E-state index contributed by atoms with van der Waals surface area (Å²) in [4.78, 5) is 31.2. The highest BCUT2D eigenvalue weighted by molar-refractivity contribution is 5.93. The van der Waals surface area contributed by atoms with Gasteiger partial charge in [0, 0.05) is 32.0 Å². The molecule has 0 aliphatic carbocycles. The molecule has 0 saturated carbocycles. The minimum Gasteiger partial charge on any atom is -0.339 e. The van der Waals surface area contributed by atoms with Crippen molar-refractivity contribution in [2.75, 3.05) is 19.6 Å². The highest BCUT2D eigenvalue weighted by atomic mass is 16.2. The van der Waals surface area contributed by atoms with Gasteiger partial charge in [-0.25, -0.2) is 4.79 Å². The second-order valence-corrected chi connectivity index (χ2v) is 8.09. The molecule has 3 amide bonds. The molecular formula is C26H28N4O2. The summed E-state index contributed by atoms with van der Waals surface area (Å²) >= 11 is 0. The van der Waals surface area contributed by atoms with E-state index in [4.69, 9.17) is 0 Å². The maximum atomic E-state index is 12.7. The van der Waals surface area contributed by atoms with Crippen molar-refractivity contribution in [2.24, 2.45) is 5.92 Å². The first kappa shape index (κ1) is 21.6. The van der Waals surface area contributed by atoms with Gasteiger partial charge in [0.1, 0.15) is 0 Å². The summed E-state index contributed by atoms with van der Waals surface area (Å²) in [6.45, 7) is 1.98. The fourth-order valence-electron chi connectivity index (χ4n) is 4.08. The summed E-state index contributed by atoms with van der Waals surface area (Å²) in [5.74, 6) is 0.376. The number of aromatic nitrogens is 1. The van der Waals surface area contributed by atoms with E-state index in [2.05, 4.69) is 15.6 Å². The van der Waals surface area contributed by atoms with Gasteiger partial charge in [-0.3, -0.25) is 9.78 Å². The minimum atomic E-state index is -0.212. The van der Waals surface area contributed by atoms with Crippen LogP contribution in [0.25, 0.3) is 0 Å². The fourth-order valence-corrected chi connectivity index (χ4v) is 4.08. The second-order valence-electron chi connectivity index (χ2n) is 8.09. The normalized spacial score (nSPS) is 14.2. The topological polar surface area (TPSA) is 74.3 Å². The third kappa shape index (κ3) is 5.52. The van der Waals surface area contributed by atoms with Crippen LogP contribution in [-0.4, -0.2) is 41.5 Å². The Labute approximate surface area is 188 Å². The molecule has 2 heterocycles. The molecule has 32 heavy (non-hydrogen) atoms. The average molecular weight is 429 g/mol. The number of hydrogen-bond acceptors (Lipinski definition) is 3. The molecule has 4 rings (SSSR count). The number of carbonyl (C=O) groups is 2. The summed E-state index contributed by atoms with van der Waals surface area (Å²) in [6, 6.07) is 23.1. The van der Waals surface area contributed by atoms with Crippen LogP contribution >= 0.6 is 0 Å². The minimum absolute atomic E-state index is 0.0239. The summed E-state index contributed by atoms with van der Waals surface area (Å²) in [7, 11) is 0. The molecule has 1 saturated heterocycles.